The van der Waals surface area contributed by atoms with Gasteiger partial charge in [0.25, 0.3) is 0 Å². The van der Waals surface area contributed by atoms with Gasteiger partial charge in [0.05, 0.1) is 23.4 Å². The third-order valence-corrected chi connectivity index (χ3v) is 8.35. The van der Waals surface area contributed by atoms with Crippen molar-refractivity contribution in [1.29, 1.82) is 0 Å². The molecule has 2 aromatic heterocycles. The summed E-state index contributed by atoms with van der Waals surface area (Å²) < 4.78 is 0. The van der Waals surface area contributed by atoms with E-state index in [4.69, 9.17) is 0 Å². The molecule has 6 rings (SSSR count). The van der Waals surface area contributed by atoms with Crippen molar-refractivity contribution >= 4 is 33.7 Å². The summed E-state index contributed by atoms with van der Waals surface area (Å²) in [7, 11) is 0. The van der Waals surface area contributed by atoms with Crippen molar-refractivity contribution in [3.05, 3.63) is 70.4 Å². The molecule has 0 aliphatic carbocycles. The van der Waals surface area contributed by atoms with E-state index in [1.54, 1.807) is 11.3 Å². The van der Waals surface area contributed by atoms with Crippen molar-refractivity contribution in [3.8, 4) is 11.3 Å². The molecule has 4 heterocycles. The van der Waals surface area contributed by atoms with Gasteiger partial charge in [-0.3, -0.25) is 14.8 Å². The van der Waals surface area contributed by atoms with E-state index in [2.05, 4.69) is 67.2 Å². The first kappa shape index (κ1) is 23.4. The Morgan fingerprint density at radius 2 is 1.83 bits per heavy atom. The minimum absolute atomic E-state index is 0.151. The number of nitrogens with zero attached hydrogens (tertiary/aromatic N) is 3. The monoisotopic (exact) mass is 500 g/mol. The van der Waals surface area contributed by atoms with E-state index in [9.17, 15) is 9.90 Å². The maximum Gasteiger partial charge on any atom is 0.158 e. The largest absolute Gasteiger partial charge is 0.393 e. The van der Waals surface area contributed by atoms with Gasteiger partial charge in [-0.15, -0.1) is 0 Å². The molecule has 1 atom stereocenters. The third-order valence-electron chi connectivity index (χ3n) is 7.65. The number of piperidine rings is 1. The second-order valence-electron chi connectivity index (χ2n) is 10.1. The molecule has 2 aliphatic rings. The summed E-state index contributed by atoms with van der Waals surface area (Å²) in [6.07, 6.45) is 4.20. The standard InChI is InChI=1S/C29H32N4O2S/c34-24-9-14-32(15-10-24)23-6-4-21(5-7-23)28-25-17-20(3-8-26(25)30-31-28)18-27(35)29(22-11-16-36-19-22)33-12-1-2-13-33/h3-8,11,16-17,19,24,29,34H,1-2,9-10,12-15,18H2,(H,30,31). The van der Waals surface area contributed by atoms with E-state index in [-0.39, 0.29) is 17.9 Å². The number of thiophene rings is 1. The van der Waals surface area contributed by atoms with E-state index in [0.717, 1.165) is 85.1 Å². The maximum atomic E-state index is 13.6. The number of carbonyl (C=O) groups excluding carboxylic acids is 1. The van der Waals surface area contributed by atoms with Crippen LogP contribution in [0.25, 0.3) is 22.2 Å². The number of aliphatic hydroxyl groups is 1. The number of rotatable bonds is 7. The Hall–Kier alpha value is -3.00. The fourth-order valence-corrected chi connectivity index (χ4v) is 6.35. The highest BCUT2D eigenvalue weighted by Crippen LogP contribution is 2.32. The number of anilines is 1. The molecule has 2 aliphatic heterocycles. The van der Waals surface area contributed by atoms with Gasteiger partial charge in [-0.25, -0.2) is 0 Å². The molecule has 2 N–H and O–H groups in total. The Morgan fingerprint density at radius 1 is 1.06 bits per heavy atom. The first-order valence-electron chi connectivity index (χ1n) is 12.9. The quantitative estimate of drug-likeness (QED) is 0.365. The van der Waals surface area contributed by atoms with Crippen molar-refractivity contribution < 1.29 is 9.90 Å². The van der Waals surface area contributed by atoms with Gasteiger partial charge in [-0.2, -0.15) is 16.4 Å². The molecule has 0 amide bonds. The fraction of sp³-hybridized carbons (Fsp3) is 0.379. The van der Waals surface area contributed by atoms with E-state index >= 15 is 0 Å². The minimum atomic E-state index is -0.173. The Labute approximate surface area is 215 Å². The van der Waals surface area contributed by atoms with Crippen LogP contribution in [0.2, 0.25) is 0 Å². The van der Waals surface area contributed by atoms with E-state index in [1.165, 1.54) is 5.69 Å². The molecular weight excluding hydrogens is 468 g/mol. The summed E-state index contributed by atoms with van der Waals surface area (Å²) in [6.45, 7) is 3.75. The molecule has 6 nitrogen and oxygen atoms in total. The Morgan fingerprint density at radius 3 is 2.56 bits per heavy atom. The Balaban J connectivity index is 1.23. The molecule has 2 aromatic carbocycles. The number of likely N-dealkylation sites (tertiary alicyclic amines) is 1. The van der Waals surface area contributed by atoms with Crippen LogP contribution in [0.4, 0.5) is 5.69 Å². The van der Waals surface area contributed by atoms with Gasteiger partial charge in [0.15, 0.2) is 5.78 Å². The van der Waals surface area contributed by atoms with E-state index in [0.29, 0.717) is 6.42 Å². The maximum absolute atomic E-state index is 13.6. The predicted octanol–water partition coefficient (Wildman–Crippen LogP) is 5.20. The van der Waals surface area contributed by atoms with Crippen molar-refractivity contribution in [2.75, 3.05) is 31.1 Å². The topological polar surface area (TPSA) is 72.5 Å². The molecule has 0 saturated carbocycles. The normalized spacial score (nSPS) is 18.2. The lowest BCUT2D eigenvalue weighted by atomic mass is 9.97. The predicted molar refractivity (Wildman–Crippen MR) is 146 cm³/mol. The Bertz CT molecular complexity index is 1320. The zero-order valence-corrected chi connectivity index (χ0v) is 21.2. The van der Waals surface area contributed by atoms with Gasteiger partial charge in [-0.1, -0.05) is 18.2 Å². The smallest absolute Gasteiger partial charge is 0.158 e. The third kappa shape index (κ3) is 4.71. The van der Waals surface area contributed by atoms with Crippen molar-refractivity contribution in [3.63, 3.8) is 0 Å². The summed E-state index contributed by atoms with van der Waals surface area (Å²) in [6, 6.07) is 16.7. The molecule has 186 valence electrons. The van der Waals surface area contributed by atoms with Gasteiger partial charge in [0.1, 0.15) is 0 Å². The van der Waals surface area contributed by atoms with Gasteiger partial charge < -0.3 is 10.0 Å². The zero-order valence-electron chi connectivity index (χ0n) is 20.4. The summed E-state index contributed by atoms with van der Waals surface area (Å²) in [5.41, 5.74) is 6.27. The average Bonchev–Trinajstić information content (AvgIpc) is 3.68. The van der Waals surface area contributed by atoms with E-state index in [1.807, 2.05) is 12.1 Å². The second-order valence-corrected chi connectivity index (χ2v) is 10.8. The molecule has 0 spiro atoms. The van der Waals surface area contributed by atoms with Crippen LogP contribution in [0, 0.1) is 0 Å². The number of nitrogens with one attached hydrogen (secondary N) is 1. The highest BCUT2D eigenvalue weighted by molar-refractivity contribution is 7.08. The number of aliphatic hydroxyl groups excluding tert-OH is 1. The van der Waals surface area contributed by atoms with Crippen molar-refractivity contribution in [1.82, 2.24) is 15.1 Å². The number of carbonyl (C=O) groups is 1. The van der Waals surface area contributed by atoms with Crippen molar-refractivity contribution in [2.24, 2.45) is 0 Å². The molecule has 0 radical (unpaired) electrons. The summed E-state index contributed by atoms with van der Waals surface area (Å²) >= 11 is 1.66. The number of aromatic nitrogens is 2. The molecule has 2 saturated heterocycles. The Kier molecular flexibility index (Phi) is 6.61. The molecule has 2 fully saturated rings. The number of hydrogen-bond acceptors (Lipinski definition) is 6. The molecule has 1 unspecified atom stereocenters. The molecule has 0 bridgehead atoms. The van der Waals surface area contributed by atoms with Crippen molar-refractivity contribution in [2.45, 2.75) is 44.2 Å². The SMILES string of the molecule is O=C(Cc1ccc2[nH]nc(-c3ccc(N4CCC(O)CC4)cc3)c2c1)C(c1ccsc1)N1CCCC1. The number of benzene rings is 2. The van der Waals surface area contributed by atoms with Crippen LogP contribution in [0.15, 0.2) is 59.3 Å². The molecule has 4 aromatic rings. The van der Waals surface area contributed by atoms with E-state index < -0.39 is 0 Å². The van der Waals surface area contributed by atoms with Gasteiger partial charge in [0.2, 0.25) is 0 Å². The second kappa shape index (κ2) is 10.2. The van der Waals surface area contributed by atoms with Gasteiger partial charge >= 0.3 is 0 Å². The van der Waals surface area contributed by atoms with Crippen LogP contribution in [-0.4, -0.2) is 58.3 Å². The number of hydrogen-bond donors (Lipinski definition) is 2. The minimum Gasteiger partial charge on any atom is -0.393 e. The first-order valence-corrected chi connectivity index (χ1v) is 13.9. The van der Waals surface area contributed by atoms with Crippen LogP contribution < -0.4 is 4.90 Å². The lowest BCUT2D eigenvalue weighted by Crippen LogP contribution is -2.35. The molecular formula is C29H32N4O2S. The zero-order chi connectivity index (χ0) is 24.5. The van der Waals surface area contributed by atoms with Crippen LogP contribution >= 0.6 is 11.3 Å². The number of H-pyrrole nitrogens is 1. The lowest BCUT2D eigenvalue weighted by molar-refractivity contribution is -0.123. The number of aromatic amines is 1. The summed E-state index contributed by atoms with van der Waals surface area (Å²) in [4.78, 5) is 18.2. The van der Waals surface area contributed by atoms with Gasteiger partial charge in [-0.05, 0) is 91.0 Å². The average molecular weight is 501 g/mol. The summed E-state index contributed by atoms with van der Waals surface area (Å²) in [5, 5.41) is 22.8. The molecule has 7 heteroatoms. The summed E-state index contributed by atoms with van der Waals surface area (Å²) in [5.74, 6) is 0.260. The van der Waals surface area contributed by atoms with Gasteiger partial charge in [0, 0.05) is 36.1 Å². The fourth-order valence-electron chi connectivity index (χ4n) is 5.67. The van der Waals surface area contributed by atoms with Crippen LogP contribution in [0.1, 0.15) is 42.9 Å². The number of Topliss-reactive ketones (excluding diaryl/α,β-unsaturated/α-hetero) is 1. The van der Waals surface area contributed by atoms with Crippen LogP contribution in [0.3, 0.4) is 0 Å². The van der Waals surface area contributed by atoms with Crippen LogP contribution in [-0.2, 0) is 11.2 Å². The highest BCUT2D eigenvalue weighted by atomic mass is 32.1. The van der Waals surface area contributed by atoms with Crippen LogP contribution in [0.5, 0.6) is 0 Å². The lowest BCUT2D eigenvalue weighted by Gasteiger charge is -2.31. The first-order chi connectivity index (χ1) is 17.7. The highest BCUT2D eigenvalue weighted by Gasteiger charge is 2.30. The number of ketones is 1. The molecule has 36 heavy (non-hydrogen) atoms. The number of fused-ring (bicyclic) bond motifs is 1.